The molecule has 0 aromatic heterocycles. The van der Waals surface area contributed by atoms with Crippen LogP contribution in [0, 0.1) is 0 Å². The van der Waals surface area contributed by atoms with E-state index >= 15 is 0 Å². The van der Waals surface area contributed by atoms with Crippen LogP contribution >= 0.6 is 0 Å². The predicted octanol–water partition coefficient (Wildman–Crippen LogP) is 3.52. The fourth-order valence-corrected chi connectivity index (χ4v) is 4.58. The van der Waals surface area contributed by atoms with Crippen LogP contribution in [-0.4, -0.2) is 54.8 Å². The summed E-state index contributed by atoms with van der Waals surface area (Å²) in [6.45, 7) is 3.17. The zero-order valence-corrected chi connectivity index (χ0v) is 17.1. The largest absolute Gasteiger partial charge is 0.336 e. The van der Waals surface area contributed by atoms with E-state index in [4.69, 9.17) is 0 Å². The number of hydrogen-bond acceptors (Lipinski definition) is 3. The van der Waals surface area contributed by atoms with Gasteiger partial charge in [0.2, 0.25) is 5.91 Å². The highest BCUT2D eigenvalue weighted by atomic mass is 16.2. The molecule has 1 N–H and O–H groups in total. The summed E-state index contributed by atoms with van der Waals surface area (Å²) in [6, 6.07) is 17.5. The van der Waals surface area contributed by atoms with Gasteiger partial charge in [-0.25, -0.2) is 0 Å². The monoisotopic (exact) mass is 391 g/mol. The Morgan fingerprint density at radius 2 is 1.48 bits per heavy atom. The van der Waals surface area contributed by atoms with Crippen LogP contribution in [0.3, 0.4) is 0 Å². The Kier molecular flexibility index (Phi) is 5.67. The van der Waals surface area contributed by atoms with Crippen LogP contribution in [0.15, 0.2) is 54.6 Å². The van der Waals surface area contributed by atoms with E-state index in [1.165, 1.54) is 0 Å². The Morgan fingerprint density at radius 1 is 0.862 bits per heavy atom. The van der Waals surface area contributed by atoms with E-state index in [2.05, 4.69) is 17.3 Å². The van der Waals surface area contributed by atoms with Crippen molar-refractivity contribution in [2.45, 2.75) is 31.1 Å². The van der Waals surface area contributed by atoms with Gasteiger partial charge in [0.25, 0.3) is 5.91 Å². The van der Waals surface area contributed by atoms with Crippen LogP contribution < -0.4 is 5.32 Å². The number of nitrogens with zero attached hydrogens (tertiary/aromatic N) is 2. The Balaban J connectivity index is 1.58. The van der Waals surface area contributed by atoms with Crippen molar-refractivity contribution in [3.05, 3.63) is 65.7 Å². The van der Waals surface area contributed by atoms with Crippen molar-refractivity contribution in [2.24, 2.45) is 0 Å². The van der Waals surface area contributed by atoms with Gasteiger partial charge in [-0.1, -0.05) is 55.3 Å². The second-order valence-corrected chi connectivity index (χ2v) is 8.25. The van der Waals surface area contributed by atoms with Crippen molar-refractivity contribution in [2.75, 3.05) is 38.5 Å². The van der Waals surface area contributed by atoms with Crippen molar-refractivity contribution in [3.63, 3.8) is 0 Å². The lowest BCUT2D eigenvalue weighted by Gasteiger charge is -2.33. The molecule has 1 aliphatic heterocycles. The van der Waals surface area contributed by atoms with Gasteiger partial charge >= 0.3 is 0 Å². The molecule has 2 amide bonds. The number of anilines is 1. The molecule has 5 nitrogen and oxygen atoms in total. The van der Waals surface area contributed by atoms with Crippen LogP contribution in [0.5, 0.6) is 0 Å². The van der Waals surface area contributed by atoms with Crippen molar-refractivity contribution in [1.82, 2.24) is 9.80 Å². The lowest BCUT2D eigenvalue weighted by Crippen LogP contribution is -2.47. The fourth-order valence-electron chi connectivity index (χ4n) is 4.58. The molecule has 29 heavy (non-hydrogen) atoms. The Labute approximate surface area is 172 Å². The van der Waals surface area contributed by atoms with Gasteiger partial charge in [-0.2, -0.15) is 0 Å². The van der Waals surface area contributed by atoms with Crippen molar-refractivity contribution in [3.8, 4) is 0 Å². The number of benzene rings is 2. The summed E-state index contributed by atoms with van der Waals surface area (Å²) in [5.74, 6) is -0.00555. The molecule has 1 aliphatic carbocycles. The smallest absolute Gasteiger partial charge is 0.256 e. The standard InChI is InChI=1S/C24H29N3O2/c1-26-15-17-27(18-16-26)22(28)20-11-5-6-12-21(20)25-23(29)24(13-7-8-14-24)19-9-3-2-4-10-19/h2-6,9-12H,7-8,13-18H2,1H3,(H,25,29). The minimum atomic E-state index is -0.509. The van der Waals surface area contributed by atoms with Gasteiger partial charge in [0, 0.05) is 26.2 Å². The fraction of sp³-hybridized carbons (Fsp3) is 0.417. The van der Waals surface area contributed by atoms with E-state index in [0.717, 1.165) is 44.3 Å². The molecule has 2 fully saturated rings. The number of nitrogens with one attached hydrogen (secondary N) is 1. The maximum absolute atomic E-state index is 13.5. The van der Waals surface area contributed by atoms with Gasteiger partial charge in [-0.05, 0) is 37.6 Å². The van der Waals surface area contributed by atoms with Crippen molar-refractivity contribution >= 4 is 17.5 Å². The van der Waals surface area contributed by atoms with Gasteiger partial charge in [0.1, 0.15) is 0 Å². The molecule has 4 rings (SSSR count). The van der Waals surface area contributed by atoms with E-state index in [1.807, 2.05) is 59.5 Å². The molecule has 1 saturated carbocycles. The number of amides is 2. The number of carbonyl (C=O) groups is 2. The molecule has 2 aromatic carbocycles. The lowest BCUT2D eigenvalue weighted by molar-refractivity contribution is -0.121. The highest BCUT2D eigenvalue weighted by molar-refractivity contribution is 6.06. The Morgan fingerprint density at radius 3 is 2.17 bits per heavy atom. The quantitative estimate of drug-likeness (QED) is 0.868. The van der Waals surface area contributed by atoms with Crippen LogP contribution in [0.25, 0.3) is 0 Å². The van der Waals surface area contributed by atoms with Crippen LogP contribution in [0.1, 0.15) is 41.6 Å². The predicted molar refractivity (Wildman–Crippen MR) is 115 cm³/mol. The topological polar surface area (TPSA) is 52.6 Å². The van der Waals surface area contributed by atoms with E-state index < -0.39 is 5.41 Å². The normalized spacial score (nSPS) is 19.1. The molecule has 1 saturated heterocycles. The first-order valence-corrected chi connectivity index (χ1v) is 10.5. The maximum atomic E-state index is 13.5. The SMILES string of the molecule is CN1CCN(C(=O)c2ccccc2NC(=O)C2(c3ccccc3)CCCC2)CC1. The van der Waals surface area contributed by atoms with E-state index in [9.17, 15) is 9.59 Å². The number of piperazine rings is 1. The van der Waals surface area contributed by atoms with Gasteiger partial charge in [-0.15, -0.1) is 0 Å². The van der Waals surface area contributed by atoms with Crippen LogP contribution in [-0.2, 0) is 10.2 Å². The summed E-state index contributed by atoms with van der Waals surface area (Å²) in [6.07, 6.45) is 3.78. The first kappa shape index (κ1) is 19.6. The highest BCUT2D eigenvalue weighted by Crippen LogP contribution is 2.42. The summed E-state index contributed by atoms with van der Waals surface area (Å²) in [5, 5.41) is 3.12. The molecular weight excluding hydrogens is 362 g/mol. The van der Waals surface area contributed by atoms with Crippen LogP contribution in [0.2, 0.25) is 0 Å². The first-order chi connectivity index (χ1) is 14.1. The summed E-state index contributed by atoms with van der Waals surface area (Å²) < 4.78 is 0. The molecule has 1 heterocycles. The van der Waals surface area contributed by atoms with Gasteiger partial charge in [0.15, 0.2) is 0 Å². The third kappa shape index (κ3) is 3.92. The van der Waals surface area contributed by atoms with E-state index in [0.29, 0.717) is 24.3 Å². The summed E-state index contributed by atoms with van der Waals surface area (Å²) in [4.78, 5) is 30.7. The minimum Gasteiger partial charge on any atom is -0.336 e. The lowest BCUT2D eigenvalue weighted by atomic mass is 9.78. The molecule has 0 spiro atoms. The number of likely N-dealkylation sites (N-methyl/N-ethyl adjacent to an activating group) is 1. The average Bonchev–Trinajstić information content (AvgIpc) is 3.26. The number of rotatable bonds is 4. The second-order valence-electron chi connectivity index (χ2n) is 8.25. The highest BCUT2D eigenvalue weighted by Gasteiger charge is 2.42. The molecule has 5 heteroatoms. The first-order valence-electron chi connectivity index (χ1n) is 10.5. The molecule has 0 unspecified atom stereocenters. The van der Waals surface area contributed by atoms with Gasteiger partial charge in [-0.3, -0.25) is 9.59 Å². The molecule has 2 aliphatic rings. The van der Waals surface area contributed by atoms with Crippen molar-refractivity contribution < 1.29 is 9.59 Å². The average molecular weight is 392 g/mol. The Hall–Kier alpha value is -2.66. The number of carbonyl (C=O) groups excluding carboxylic acids is 2. The van der Waals surface area contributed by atoms with Gasteiger partial charge in [0.05, 0.1) is 16.7 Å². The molecule has 2 aromatic rings. The maximum Gasteiger partial charge on any atom is 0.256 e. The molecule has 152 valence electrons. The molecule has 0 radical (unpaired) electrons. The van der Waals surface area contributed by atoms with Gasteiger partial charge < -0.3 is 15.1 Å². The number of hydrogen-bond donors (Lipinski definition) is 1. The number of para-hydroxylation sites is 1. The minimum absolute atomic E-state index is 0.000160. The third-order valence-corrected chi connectivity index (χ3v) is 6.41. The Bertz CT molecular complexity index is 867. The molecule has 0 bridgehead atoms. The third-order valence-electron chi connectivity index (χ3n) is 6.41. The molecular formula is C24H29N3O2. The van der Waals surface area contributed by atoms with E-state index in [1.54, 1.807) is 0 Å². The zero-order chi connectivity index (χ0) is 20.3. The summed E-state index contributed by atoms with van der Waals surface area (Å²) >= 11 is 0. The van der Waals surface area contributed by atoms with E-state index in [-0.39, 0.29) is 11.8 Å². The summed E-state index contributed by atoms with van der Waals surface area (Å²) in [7, 11) is 2.07. The molecule has 0 atom stereocenters. The summed E-state index contributed by atoms with van der Waals surface area (Å²) in [5.41, 5.74) is 1.75. The second kappa shape index (κ2) is 8.37. The van der Waals surface area contributed by atoms with Crippen LogP contribution in [0.4, 0.5) is 5.69 Å². The zero-order valence-electron chi connectivity index (χ0n) is 17.1. The van der Waals surface area contributed by atoms with Crippen molar-refractivity contribution in [1.29, 1.82) is 0 Å².